The van der Waals surface area contributed by atoms with E-state index >= 15 is 0 Å². The zero-order valence-corrected chi connectivity index (χ0v) is 14.0. The van der Waals surface area contributed by atoms with Crippen LogP contribution < -0.4 is 5.32 Å². The highest BCUT2D eigenvalue weighted by molar-refractivity contribution is 8.00. The smallest absolute Gasteiger partial charge is 0.236 e. The van der Waals surface area contributed by atoms with E-state index in [1.54, 1.807) is 0 Å². The Kier molecular flexibility index (Phi) is 5.92. The third-order valence-electron chi connectivity index (χ3n) is 2.90. The van der Waals surface area contributed by atoms with Gasteiger partial charge in [0, 0.05) is 5.56 Å². The predicted molar refractivity (Wildman–Crippen MR) is 91.0 cm³/mol. The van der Waals surface area contributed by atoms with Gasteiger partial charge in [0.05, 0.1) is 17.6 Å². The van der Waals surface area contributed by atoms with Crippen LogP contribution in [0.2, 0.25) is 0 Å². The number of nitriles is 1. The Morgan fingerprint density at radius 2 is 2.09 bits per heavy atom. The molecule has 0 radical (unpaired) electrons. The normalized spacial score (nSPS) is 10.5. The summed E-state index contributed by atoms with van der Waals surface area (Å²) in [6.07, 6.45) is 0. The van der Waals surface area contributed by atoms with Crippen LogP contribution in [0.1, 0.15) is 25.3 Å². The molecule has 2 aromatic rings. The summed E-state index contributed by atoms with van der Waals surface area (Å²) in [6.45, 7) is 4.30. The summed E-state index contributed by atoms with van der Waals surface area (Å²) in [5.74, 6) is 0.866. The van der Waals surface area contributed by atoms with Crippen LogP contribution in [0, 0.1) is 11.3 Å². The second-order valence-electron chi connectivity index (χ2n) is 4.89. The SMILES string of the molecule is CC(C)c1ccc(-c2nnc(NC(=O)CSCC#N)s2)cc1. The lowest BCUT2D eigenvalue weighted by atomic mass is 10.0. The van der Waals surface area contributed by atoms with E-state index < -0.39 is 0 Å². The lowest BCUT2D eigenvalue weighted by Crippen LogP contribution is -2.14. The molecule has 0 bridgehead atoms. The fourth-order valence-corrected chi connectivity index (χ4v) is 2.96. The molecule has 0 atom stereocenters. The number of amides is 1. The summed E-state index contributed by atoms with van der Waals surface area (Å²) in [7, 11) is 0. The molecule has 0 unspecified atom stereocenters. The number of hydrogen-bond acceptors (Lipinski definition) is 6. The monoisotopic (exact) mass is 332 g/mol. The Labute approximate surface area is 137 Å². The minimum atomic E-state index is -0.168. The molecule has 0 aliphatic carbocycles. The highest BCUT2D eigenvalue weighted by Crippen LogP contribution is 2.27. The number of nitrogens with zero attached hydrogens (tertiary/aromatic N) is 3. The van der Waals surface area contributed by atoms with Gasteiger partial charge >= 0.3 is 0 Å². The van der Waals surface area contributed by atoms with E-state index in [2.05, 4.69) is 41.5 Å². The summed E-state index contributed by atoms with van der Waals surface area (Å²) >= 11 is 2.61. The van der Waals surface area contributed by atoms with Gasteiger partial charge in [0.2, 0.25) is 11.0 Å². The molecule has 1 aromatic carbocycles. The van der Waals surface area contributed by atoms with Crippen molar-refractivity contribution < 1.29 is 4.79 Å². The molecule has 1 N–H and O–H groups in total. The fraction of sp³-hybridized carbons (Fsp3) is 0.333. The zero-order valence-electron chi connectivity index (χ0n) is 12.4. The molecule has 114 valence electrons. The number of anilines is 1. The topological polar surface area (TPSA) is 78.7 Å². The van der Waals surface area contributed by atoms with Gasteiger partial charge in [-0.25, -0.2) is 0 Å². The standard InChI is InChI=1S/C15H16N4OS2/c1-10(2)11-3-5-12(6-4-11)14-18-19-15(22-14)17-13(20)9-21-8-7-16/h3-6,10H,8-9H2,1-2H3,(H,17,19,20). The molecule has 7 heteroatoms. The Bertz CT molecular complexity index is 674. The first kappa shape index (κ1) is 16.5. The lowest BCUT2D eigenvalue weighted by Gasteiger charge is -2.04. The summed E-state index contributed by atoms with van der Waals surface area (Å²) in [5.41, 5.74) is 2.26. The van der Waals surface area contributed by atoms with Crippen LogP contribution in [0.5, 0.6) is 0 Å². The van der Waals surface area contributed by atoms with Crippen LogP contribution in [-0.2, 0) is 4.79 Å². The van der Waals surface area contributed by atoms with Gasteiger partial charge in [0.15, 0.2) is 0 Å². The van der Waals surface area contributed by atoms with Crippen molar-refractivity contribution in [2.75, 3.05) is 16.8 Å². The van der Waals surface area contributed by atoms with Crippen LogP contribution in [-0.4, -0.2) is 27.6 Å². The summed E-state index contributed by atoms with van der Waals surface area (Å²) < 4.78 is 0. The van der Waals surface area contributed by atoms with Gasteiger partial charge in [0.25, 0.3) is 0 Å². The first-order valence-corrected chi connectivity index (χ1v) is 8.75. The molecule has 5 nitrogen and oxygen atoms in total. The van der Waals surface area contributed by atoms with E-state index in [1.807, 2.05) is 18.2 Å². The van der Waals surface area contributed by atoms with Gasteiger partial charge in [-0.1, -0.05) is 49.4 Å². The van der Waals surface area contributed by atoms with E-state index in [-0.39, 0.29) is 11.7 Å². The van der Waals surface area contributed by atoms with Gasteiger partial charge in [0.1, 0.15) is 5.01 Å². The van der Waals surface area contributed by atoms with E-state index in [0.29, 0.717) is 16.8 Å². The molecule has 1 aromatic heterocycles. The van der Waals surface area contributed by atoms with Crippen LogP contribution in [0.3, 0.4) is 0 Å². The van der Waals surface area contributed by atoms with E-state index in [9.17, 15) is 4.79 Å². The molecule has 0 fully saturated rings. The largest absolute Gasteiger partial charge is 0.300 e. The average Bonchev–Trinajstić information content (AvgIpc) is 2.96. The lowest BCUT2D eigenvalue weighted by molar-refractivity contribution is -0.113. The zero-order chi connectivity index (χ0) is 15.9. The van der Waals surface area contributed by atoms with Crippen LogP contribution in [0.25, 0.3) is 10.6 Å². The number of aromatic nitrogens is 2. The van der Waals surface area contributed by atoms with E-state index in [4.69, 9.17) is 5.26 Å². The van der Waals surface area contributed by atoms with Gasteiger partial charge < -0.3 is 0 Å². The van der Waals surface area contributed by atoms with Crippen molar-refractivity contribution >= 4 is 34.1 Å². The Balaban J connectivity index is 1.99. The van der Waals surface area contributed by atoms with Crippen molar-refractivity contribution in [3.63, 3.8) is 0 Å². The third kappa shape index (κ3) is 4.55. The summed E-state index contributed by atoms with van der Waals surface area (Å²) in [4.78, 5) is 11.7. The van der Waals surface area contributed by atoms with Gasteiger partial charge in [-0.15, -0.1) is 22.0 Å². The average molecular weight is 332 g/mol. The van der Waals surface area contributed by atoms with Crippen molar-refractivity contribution in [2.45, 2.75) is 19.8 Å². The highest BCUT2D eigenvalue weighted by Gasteiger charge is 2.10. The Morgan fingerprint density at radius 1 is 1.36 bits per heavy atom. The molecule has 0 saturated heterocycles. The van der Waals surface area contributed by atoms with Crippen molar-refractivity contribution in [1.82, 2.24) is 10.2 Å². The number of benzene rings is 1. The fourth-order valence-electron chi connectivity index (χ4n) is 1.75. The quantitative estimate of drug-likeness (QED) is 0.819. The first-order valence-electron chi connectivity index (χ1n) is 6.78. The second kappa shape index (κ2) is 7.92. The number of rotatable bonds is 6. The van der Waals surface area contributed by atoms with Gasteiger partial charge in [-0.05, 0) is 11.5 Å². The molecular formula is C15H16N4OS2. The number of carbonyl (C=O) groups is 1. The molecule has 0 aliphatic heterocycles. The van der Waals surface area contributed by atoms with E-state index in [0.717, 1.165) is 10.6 Å². The Hall–Kier alpha value is -1.91. The molecule has 1 amide bonds. The van der Waals surface area contributed by atoms with Crippen molar-refractivity contribution in [2.24, 2.45) is 0 Å². The predicted octanol–water partition coefficient (Wildman–Crippen LogP) is 3.52. The van der Waals surface area contributed by atoms with Crippen LogP contribution in [0.4, 0.5) is 5.13 Å². The van der Waals surface area contributed by atoms with Crippen molar-refractivity contribution in [1.29, 1.82) is 5.26 Å². The molecule has 1 heterocycles. The number of thioether (sulfide) groups is 1. The number of nitrogens with one attached hydrogen (secondary N) is 1. The van der Waals surface area contributed by atoms with Crippen molar-refractivity contribution in [3.05, 3.63) is 29.8 Å². The number of hydrogen-bond donors (Lipinski definition) is 1. The summed E-state index contributed by atoms with van der Waals surface area (Å²) in [5, 5.41) is 20.5. The van der Waals surface area contributed by atoms with Crippen molar-refractivity contribution in [3.8, 4) is 16.6 Å². The van der Waals surface area contributed by atoms with Crippen LogP contribution >= 0.6 is 23.1 Å². The van der Waals surface area contributed by atoms with Crippen LogP contribution in [0.15, 0.2) is 24.3 Å². The minimum Gasteiger partial charge on any atom is -0.300 e. The molecule has 0 saturated carbocycles. The second-order valence-corrected chi connectivity index (χ2v) is 6.85. The molecule has 2 rings (SSSR count). The molecule has 22 heavy (non-hydrogen) atoms. The minimum absolute atomic E-state index is 0.168. The molecule has 0 spiro atoms. The first-order chi connectivity index (χ1) is 10.6. The number of carbonyl (C=O) groups excluding carboxylic acids is 1. The highest BCUT2D eigenvalue weighted by atomic mass is 32.2. The maximum Gasteiger partial charge on any atom is 0.236 e. The third-order valence-corrected chi connectivity index (χ3v) is 4.58. The maximum absolute atomic E-state index is 11.7. The van der Waals surface area contributed by atoms with Gasteiger partial charge in [-0.2, -0.15) is 5.26 Å². The van der Waals surface area contributed by atoms with Gasteiger partial charge in [-0.3, -0.25) is 10.1 Å². The Morgan fingerprint density at radius 3 is 2.73 bits per heavy atom. The molecular weight excluding hydrogens is 316 g/mol. The van der Waals surface area contributed by atoms with E-state index in [1.165, 1.54) is 28.7 Å². The maximum atomic E-state index is 11.7. The summed E-state index contributed by atoms with van der Waals surface area (Å²) in [6, 6.07) is 10.2. The molecule has 0 aliphatic rings.